The summed E-state index contributed by atoms with van der Waals surface area (Å²) >= 11 is 0. The van der Waals surface area contributed by atoms with Gasteiger partial charge < -0.3 is 5.11 Å². The molecule has 0 fully saturated rings. The quantitative estimate of drug-likeness (QED) is 0.863. The molecule has 5 nitrogen and oxygen atoms in total. The van der Waals surface area contributed by atoms with E-state index in [1.165, 1.54) is 12.1 Å². The molecule has 0 atom stereocenters. The lowest BCUT2D eigenvalue weighted by molar-refractivity contribution is 0.00639. The first-order chi connectivity index (χ1) is 8.99. The van der Waals surface area contributed by atoms with Crippen molar-refractivity contribution in [3.8, 4) is 6.07 Å². The van der Waals surface area contributed by atoms with Gasteiger partial charge in [-0.3, -0.25) is 0 Å². The molecule has 0 aromatic heterocycles. The van der Waals surface area contributed by atoms with E-state index in [-0.39, 0.29) is 11.3 Å². The molecule has 0 aliphatic heterocycles. The molecular weight excluding hydrogens is 276 g/mol. The van der Waals surface area contributed by atoms with E-state index in [2.05, 4.69) is 4.72 Å². The van der Waals surface area contributed by atoms with Crippen LogP contribution in [0.15, 0.2) is 29.2 Å². The normalized spacial score (nSPS) is 13.0. The molecule has 0 bridgehead atoms. The molecule has 1 rings (SSSR count). The maximum atomic E-state index is 12.3. The highest BCUT2D eigenvalue weighted by Crippen LogP contribution is 2.23. The lowest BCUT2D eigenvalue weighted by atomic mass is 9.87. The summed E-state index contributed by atoms with van der Waals surface area (Å²) in [5.74, 6) is 0. The van der Waals surface area contributed by atoms with Crippen LogP contribution >= 0.6 is 0 Å². The first-order valence-corrected chi connectivity index (χ1v) is 7.70. The molecule has 1 aromatic rings. The maximum absolute atomic E-state index is 12.3. The van der Waals surface area contributed by atoms with Crippen LogP contribution in [0.4, 0.5) is 0 Å². The molecule has 0 saturated heterocycles. The van der Waals surface area contributed by atoms with Gasteiger partial charge in [0.15, 0.2) is 0 Å². The Kier molecular flexibility index (Phi) is 4.59. The van der Waals surface area contributed by atoms with E-state index in [1.807, 2.05) is 6.07 Å². The number of nitriles is 1. The molecular formula is C14H20N2O3S. The van der Waals surface area contributed by atoms with Gasteiger partial charge in [0, 0.05) is 0 Å². The van der Waals surface area contributed by atoms with Gasteiger partial charge in [0.25, 0.3) is 0 Å². The Morgan fingerprint density at radius 1 is 1.20 bits per heavy atom. The van der Waals surface area contributed by atoms with E-state index >= 15 is 0 Å². The van der Waals surface area contributed by atoms with Gasteiger partial charge in [0.1, 0.15) is 0 Å². The fraction of sp³-hybridized carbons (Fsp3) is 0.500. The Bertz CT molecular complexity index is 605. The van der Waals surface area contributed by atoms with Gasteiger partial charge in [-0.05, 0) is 45.4 Å². The monoisotopic (exact) mass is 296 g/mol. The second-order valence-electron chi connectivity index (χ2n) is 5.77. The highest BCUT2D eigenvalue weighted by atomic mass is 32.2. The molecule has 110 valence electrons. The Hall–Kier alpha value is -1.42. The molecule has 20 heavy (non-hydrogen) atoms. The standard InChI is InChI=1S/C14H20N2O3S/c1-13(2,14(3,4)17)16-20(18,19)12-7-5-11(6-8-12)9-10-15/h5-8,16-17H,9H2,1-4H3. The topological polar surface area (TPSA) is 90.2 Å². The Labute approximate surface area is 120 Å². The van der Waals surface area contributed by atoms with Crippen LogP contribution in [0.3, 0.4) is 0 Å². The number of rotatable bonds is 5. The number of nitrogens with one attached hydrogen (secondary N) is 1. The van der Waals surface area contributed by atoms with Crippen molar-refractivity contribution in [1.82, 2.24) is 4.72 Å². The first-order valence-electron chi connectivity index (χ1n) is 6.22. The van der Waals surface area contributed by atoms with E-state index in [4.69, 9.17) is 5.26 Å². The Balaban J connectivity index is 3.04. The molecule has 0 unspecified atom stereocenters. The zero-order valence-electron chi connectivity index (χ0n) is 12.1. The van der Waals surface area contributed by atoms with Gasteiger partial charge in [-0.2, -0.15) is 5.26 Å². The van der Waals surface area contributed by atoms with Crippen LogP contribution in [0.1, 0.15) is 33.3 Å². The van der Waals surface area contributed by atoms with Crippen molar-refractivity contribution in [2.24, 2.45) is 0 Å². The summed E-state index contributed by atoms with van der Waals surface area (Å²) in [6, 6.07) is 8.12. The van der Waals surface area contributed by atoms with Crippen LogP contribution in [0, 0.1) is 11.3 Å². The second kappa shape index (κ2) is 5.52. The van der Waals surface area contributed by atoms with Gasteiger partial charge in [-0.15, -0.1) is 0 Å². The minimum absolute atomic E-state index is 0.108. The molecule has 1 aromatic carbocycles. The van der Waals surface area contributed by atoms with Gasteiger partial charge in [-0.25, -0.2) is 13.1 Å². The zero-order chi connectivity index (χ0) is 15.6. The van der Waals surface area contributed by atoms with Gasteiger partial charge in [0.05, 0.1) is 28.5 Å². The number of nitrogens with zero attached hydrogens (tertiary/aromatic N) is 1. The van der Waals surface area contributed by atoms with E-state index < -0.39 is 21.2 Å². The van der Waals surface area contributed by atoms with E-state index in [0.29, 0.717) is 0 Å². The number of hydrogen-bond donors (Lipinski definition) is 2. The zero-order valence-corrected chi connectivity index (χ0v) is 13.0. The highest BCUT2D eigenvalue weighted by molar-refractivity contribution is 7.89. The molecule has 0 aliphatic carbocycles. The number of sulfonamides is 1. The first kappa shape index (κ1) is 16.6. The summed E-state index contributed by atoms with van der Waals surface area (Å²) in [7, 11) is -3.73. The summed E-state index contributed by atoms with van der Waals surface area (Å²) in [5.41, 5.74) is -1.47. The maximum Gasteiger partial charge on any atom is 0.241 e. The molecule has 0 saturated carbocycles. The van der Waals surface area contributed by atoms with Crippen LogP contribution < -0.4 is 4.72 Å². The minimum Gasteiger partial charge on any atom is -0.389 e. The lowest BCUT2D eigenvalue weighted by Gasteiger charge is -2.37. The minimum atomic E-state index is -3.73. The van der Waals surface area contributed by atoms with E-state index in [9.17, 15) is 13.5 Å². The van der Waals surface area contributed by atoms with Gasteiger partial charge in [-0.1, -0.05) is 12.1 Å². The average molecular weight is 296 g/mol. The summed E-state index contributed by atoms with van der Waals surface area (Å²) < 4.78 is 27.1. The van der Waals surface area contributed by atoms with Crippen LogP contribution in [-0.4, -0.2) is 24.7 Å². The van der Waals surface area contributed by atoms with Crippen LogP contribution in [0.5, 0.6) is 0 Å². The molecule has 0 spiro atoms. The van der Waals surface area contributed by atoms with Crippen molar-refractivity contribution >= 4 is 10.0 Å². The van der Waals surface area contributed by atoms with Crippen molar-refractivity contribution in [1.29, 1.82) is 5.26 Å². The predicted molar refractivity (Wildman–Crippen MR) is 76.5 cm³/mol. The van der Waals surface area contributed by atoms with E-state index in [0.717, 1.165) is 5.56 Å². The van der Waals surface area contributed by atoms with Crippen LogP contribution in [0.2, 0.25) is 0 Å². The van der Waals surface area contributed by atoms with E-state index in [1.54, 1.807) is 39.8 Å². The molecule has 0 radical (unpaired) electrons. The van der Waals surface area contributed by atoms with Gasteiger partial charge >= 0.3 is 0 Å². The summed E-state index contributed by atoms with van der Waals surface area (Å²) in [4.78, 5) is 0.108. The smallest absolute Gasteiger partial charge is 0.241 e. The summed E-state index contributed by atoms with van der Waals surface area (Å²) in [6.45, 7) is 6.33. The van der Waals surface area contributed by atoms with Crippen molar-refractivity contribution in [2.45, 2.75) is 50.2 Å². The average Bonchev–Trinajstić information content (AvgIpc) is 2.27. The van der Waals surface area contributed by atoms with Gasteiger partial charge in [0.2, 0.25) is 10.0 Å². The van der Waals surface area contributed by atoms with Crippen molar-refractivity contribution in [2.75, 3.05) is 0 Å². The number of benzene rings is 1. The predicted octanol–water partition coefficient (Wildman–Crippen LogP) is 1.58. The number of hydrogen-bond acceptors (Lipinski definition) is 4. The van der Waals surface area contributed by atoms with Crippen LogP contribution in [0.25, 0.3) is 0 Å². The van der Waals surface area contributed by atoms with Crippen molar-refractivity contribution < 1.29 is 13.5 Å². The SMILES string of the molecule is CC(C)(O)C(C)(C)NS(=O)(=O)c1ccc(CC#N)cc1. The summed E-state index contributed by atoms with van der Waals surface area (Å²) in [6.07, 6.45) is 0.239. The third kappa shape index (κ3) is 3.79. The second-order valence-corrected chi connectivity index (χ2v) is 7.45. The largest absolute Gasteiger partial charge is 0.389 e. The third-order valence-corrected chi connectivity index (χ3v) is 5.11. The molecule has 2 N–H and O–H groups in total. The highest BCUT2D eigenvalue weighted by Gasteiger charge is 2.38. The van der Waals surface area contributed by atoms with Crippen molar-refractivity contribution in [3.05, 3.63) is 29.8 Å². The molecule has 0 amide bonds. The lowest BCUT2D eigenvalue weighted by Crippen LogP contribution is -2.57. The third-order valence-electron chi connectivity index (χ3n) is 3.44. The molecule has 6 heteroatoms. The fourth-order valence-electron chi connectivity index (χ4n) is 1.40. The Morgan fingerprint density at radius 3 is 2.10 bits per heavy atom. The van der Waals surface area contributed by atoms with Crippen molar-refractivity contribution in [3.63, 3.8) is 0 Å². The number of aliphatic hydroxyl groups is 1. The summed E-state index contributed by atoms with van der Waals surface area (Å²) in [5, 5.41) is 18.6. The molecule has 0 heterocycles. The van der Waals surface area contributed by atoms with Crippen LogP contribution in [-0.2, 0) is 16.4 Å². The fourth-order valence-corrected chi connectivity index (χ4v) is 2.93. The molecule has 0 aliphatic rings. The Morgan fingerprint density at radius 2 is 1.70 bits per heavy atom.